The Morgan fingerprint density at radius 2 is 1.67 bits per heavy atom. The monoisotopic (exact) mass is 454 g/mol. The fraction of sp³-hybridized carbons (Fsp3) is 0.407. The van der Waals surface area contributed by atoms with Crippen molar-refractivity contribution in [2.75, 3.05) is 0 Å². The Hall–Kier alpha value is -3.12. The lowest BCUT2D eigenvalue weighted by molar-refractivity contribution is 0.0213. The number of carboxylic acids is 2. The van der Waals surface area contributed by atoms with Gasteiger partial charge >= 0.3 is 11.9 Å². The lowest BCUT2D eigenvalue weighted by atomic mass is 9.91. The second-order valence-corrected chi connectivity index (χ2v) is 8.37. The minimum absolute atomic E-state index is 0.129. The molecule has 0 fully saturated rings. The van der Waals surface area contributed by atoms with Gasteiger partial charge in [-0.05, 0) is 80.0 Å². The zero-order chi connectivity index (χ0) is 24.4. The summed E-state index contributed by atoms with van der Waals surface area (Å²) in [5.41, 5.74) is 1.72. The minimum Gasteiger partial charge on any atom is -0.489 e. The fourth-order valence-electron chi connectivity index (χ4n) is 3.68. The van der Waals surface area contributed by atoms with Crippen LogP contribution in [0.1, 0.15) is 91.1 Å². The van der Waals surface area contributed by atoms with Crippen molar-refractivity contribution < 1.29 is 29.6 Å². The van der Waals surface area contributed by atoms with Crippen LogP contribution in [0.25, 0.3) is 5.57 Å². The van der Waals surface area contributed by atoms with Crippen molar-refractivity contribution in [3.05, 3.63) is 70.8 Å². The van der Waals surface area contributed by atoms with Crippen molar-refractivity contribution in [2.45, 2.75) is 71.5 Å². The molecule has 0 saturated carbocycles. The molecule has 3 N–H and O–H groups in total. The Bertz CT molecular complexity index is 988. The summed E-state index contributed by atoms with van der Waals surface area (Å²) in [6.45, 7) is 6.24. The van der Waals surface area contributed by atoms with Crippen LogP contribution in [-0.4, -0.2) is 32.9 Å². The number of rotatable bonds is 13. The number of aliphatic hydroxyl groups is 1. The van der Waals surface area contributed by atoms with Gasteiger partial charge in [0, 0.05) is 0 Å². The fourth-order valence-corrected chi connectivity index (χ4v) is 3.68. The summed E-state index contributed by atoms with van der Waals surface area (Å²) in [5.74, 6) is -1.91. The molecule has 0 heterocycles. The average molecular weight is 455 g/mol. The van der Waals surface area contributed by atoms with E-state index in [0.717, 1.165) is 49.7 Å². The summed E-state index contributed by atoms with van der Waals surface area (Å²) >= 11 is 0. The third kappa shape index (κ3) is 7.75. The molecular weight excluding hydrogens is 420 g/mol. The average Bonchev–Trinajstić information content (AvgIpc) is 2.82. The van der Waals surface area contributed by atoms with Gasteiger partial charge < -0.3 is 20.1 Å². The largest absolute Gasteiger partial charge is 0.489 e. The van der Waals surface area contributed by atoms with E-state index in [4.69, 9.17) is 9.84 Å². The van der Waals surface area contributed by atoms with Crippen LogP contribution in [0.3, 0.4) is 0 Å². The lowest BCUT2D eigenvalue weighted by Gasteiger charge is -2.24. The third-order valence-electron chi connectivity index (χ3n) is 6.10. The Balaban J connectivity index is 1.96. The number of carbonyl (C=O) groups is 2. The maximum atomic E-state index is 11.4. The van der Waals surface area contributed by atoms with Gasteiger partial charge in [0.05, 0.1) is 16.7 Å². The van der Waals surface area contributed by atoms with Crippen LogP contribution in [0, 0.1) is 0 Å². The van der Waals surface area contributed by atoms with E-state index in [2.05, 4.69) is 13.0 Å². The first kappa shape index (κ1) is 26.1. The Morgan fingerprint density at radius 1 is 0.970 bits per heavy atom. The van der Waals surface area contributed by atoms with Gasteiger partial charge in [-0.15, -0.1) is 0 Å². The van der Waals surface area contributed by atoms with E-state index in [1.807, 2.05) is 38.1 Å². The van der Waals surface area contributed by atoms with Crippen molar-refractivity contribution in [2.24, 2.45) is 0 Å². The molecule has 2 rings (SSSR count). The molecule has 0 aliphatic rings. The number of ether oxygens (including phenoxy) is 1. The minimum atomic E-state index is -1.29. The van der Waals surface area contributed by atoms with Crippen molar-refractivity contribution in [3.63, 3.8) is 0 Å². The quantitative estimate of drug-likeness (QED) is 0.312. The van der Waals surface area contributed by atoms with E-state index in [1.54, 1.807) is 6.07 Å². The number of unbranched alkanes of at least 4 members (excludes halogenated alkanes) is 2. The van der Waals surface area contributed by atoms with E-state index in [9.17, 15) is 19.8 Å². The first-order chi connectivity index (χ1) is 15.7. The standard InChI is InChI=1S/C27H34O6/c1-4-27(32,5-2)15-8-6-7-10-19(3)21-11-9-12-22(17-21)33-18-20-13-14-23(25(28)29)24(16-20)26(30)31/h9-14,16-17,32H,4-8,15,18H2,1-3H3,(H,28,29)(H,30,31)/b19-10+. The van der Waals surface area contributed by atoms with Crippen LogP contribution in [0.2, 0.25) is 0 Å². The van der Waals surface area contributed by atoms with E-state index in [0.29, 0.717) is 11.3 Å². The van der Waals surface area contributed by atoms with Crippen LogP contribution in [0.4, 0.5) is 0 Å². The molecule has 0 radical (unpaired) electrons. The second-order valence-electron chi connectivity index (χ2n) is 8.37. The highest BCUT2D eigenvalue weighted by molar-refractivity contribution is 6.01. The Morgan fingerprint density at radius 3 is 2.30 bits per heavy atom. The van der Waals surface area contributed by atoms with Gasteiger partial charge in [-0.25, -0.2) is 9.59 Å². The molecular formula is C27H34O6. The number of hydrogen-bond acceptors (Lipinski definition) is 4. The van der Waals surface area contributed by atoms with Crippen LogP contribution in [0.15, 0.2) is 48.5 Å². The van der Waals surface area contributed by atoms with Gasteiger partial charge in [-0.1, -0.05) is 44.5 Å². The third-order valence-corrected chi connectivity index (χ3v) is 6.10. The van der Waals surface area contributed by atoms with E-state index < -0.39 is 17.5 Å². The molecule has 6 nitrogen and oxygen atoms in total. The normalized spacial score (nSPS) is 11.9. The second kappa shape index (κ2) is 12.2. The zero-order valence-corrected chi connectivity index (χ0v) is 19.6. The predicted octanol–water partition coefficient (Wildman–Crippen LogP) is 6.18. The maximum Gasteiger partial charge on any atom is 0.336 e. The summed E-state index contributed by atoms with van der Waals surface area (Å²) in [7, 11) is 0. The summed E-state index contributed by atoms with van der Waals surface area (Å²) < 4.78 is 5.83. The van der Waals surface area contributed by atoms with Crippen LogP contribution >= 0.6 is 0 Å². The predicted molar refractivity (Wildman–Crippen MR) is 129 cm³/mol. The number of hydrogen-bond donors (Lipinski definition) is 3. The first-order valence-corrected chi connectivity index (χ1v) is 11.4. The molecule has 2 aromatic carbocycles. The van der Waals surface area contributed by atoms with Gasteiger partial charge in [0.15, 0.2) is 0 Å². The topological polar surface area (TPSA) is 104 Å². The van der Waals surface area contributed by atoms with Gasteiger partial charge in [-0.3, -0.25) is 0 Å². The van der Waals surface area contributed by atoms with Crippen molar-refractivity contribution in [1.29, 1.82) is 0 Å². The smallest absolute Gasteiger partial charge is 0.336 e. The number of allylic oxidation sites excluding steroid dienone is 2. The number of carboxylic acid groups (broad SMARTS) is 2. The summed E-state index contributed by atoms with van der Waals surface area (Å²) in [4.78, 5) is 22.5. The van der Waals surface area contributed by atoms with E-state index in [1.165, 1.54) is 12.1 Å². The van der Waals surface area contributed by atoms with Gasteiger partial charge in [0.2, 0.25) is 0 Å². The molecule has 2 aromatic rings. The summed E-state index contributed by atoms with van der Waals surface area (Å²) in [6, 6.07) is 11.9. The molecule has 0 aromatic heterocycles. The van der Waals surface area contributed by atoms with Gasteiger partial charge in [0.25, 0.3) is 0 Å². The van der Waals surface area contributed by atoms with Crippen LogP contribution in [-0.2, 0) is 6.61 Å². The van der Waals surface area contributed by atoms with E-state index in [-0.39, 0.29) is 17.7 Å². The highest BCUT2D eigenvalue weighted by Crippen LogP contribution is 2.24. The van der Waals surface area contributed by atoms with Crippen LogP contribution < -0.4 is 4.74 Å². The van der Waals surface area contributed by atoms with Gasteiger partial charge in [0.1, 0.15) is 12.4 Å². The highest BCUT2D eigenvalue weighted by atomic mass is 16.5. The SMILES string of the molecule is CCC(O)(CC)CCCC/C=C(\C)c1cccc(OCc2ccc(C(=O)O)c(C(=O)O)c2)c1. The highest BCUT2D eigenvalue weighted by Gasteiger charge is 2.20. The van der Waals surface area contributed by atoms with Crippen molar-refractivity contribution >= 4 is 17.5 Å². The first-order valence-electron chi connectivity index (χ1n) is 11.4. The van der Waals surface area contributed by atoms with Crippen molar-refractivity contribution in [1.82, 2.24) is 0 Å². The zero-order valence-electron chi connectivity index (χ0n) is 19.6. The molecule has 33 heavy (non-hydrogen) atoms. The number of aromatic carboxylic acids is 2. The molecule has 0 saturated heterocycles. The van der Waals surface area contributed by atoms with Crippen LogP contribution in [0.5, 0.6) is 5.75 Å². The molecule has 0 aliphatic heterocycles. The molecule has 0 unspecified atom stereocenters. The molecule has 0 spiro atoms. The molecule has 0 aliphatic carbocycles. The van der Waals surface area contributed by atoms with Gasteiger partial charge in [-0.2, -0.15) is 0 Å². The molecule has 6 heteroatoms. The Kier molecular flexibility index (Phi) is 9.67. The lowest BCUT2D eigenvalue weighted by Crippen LogP contribution is -2.26. The van der Waals surface area contributed by atoms with E-state index >= 15 is 0 Å². The molecule has 0 amide bonds. The Labute approximate surface area is 195 Å². The van der Waals surface area contributed by atoms with Crippen molar-refractivity contribution in [3.8, 4) is 5.75 Å². The molecule has 178 valence electrons. The molecule has 0 bridgehead atoms. The number of benzene rings is 2. The summed E-state index contributed by atoms with van der Waals surface area (Å²) in [5, 5.41) is 28.8. The summed E-state index contributed by atoms with van der Waals surface area (Å²) in [6.07, 6.45) is 7.54. The molecule has 0 atom stereocenters. The maximum absolute atomic E-state index is 11.4.